The van der Waals surface area contributed by atoms with E-state index in [2.05, 4.69) is 16.9 Å². The first-order chi connectivity index (χ1) is 13.0. The fourth-order valence-electron chi connectivity index (χ4n) is 2.69. The van der Waals surface area contributed by atoms with E-state index in [0.717, 1.165) is 4.57 Å². The summed E-state index contributed by atoms with van der Waals surface area (Å²) in [6.45, 7) is 3.46. The Hall–Kier alpha value is -3.55. The minimum Gasteiger partial charge on any atom is -0.351 e. The Balaban J connectivity index is 2.12. The lowest BCUT2D eigenvalue weighted by Crippen LogP contribution is -2.43. The highest BCUT2D eigenvalue weighted by atomic mass is 19.1. The van der Waals surface area contributed by atoms with Gasteiger partial charge in [0.05, 0.1) is 12.1 Å². The molecule has 0 aliphatic carbocycles. The Kier molecular flexibility index (Phi) is 5.25. The van der Waals surface area contributed by atoms with E-state index in [4.69, 9.17) is 0 Å². The number of nitrogens with one attached hydrogen (secondary N) is 1. The quantitative estimate of drug-likeness (QED) is 0.659. The maximum atomic E-state index is 13.1. The van der Waals surface area contributed by atoms with Crippen molar-refractivity contribution < 1.29 is 9.18 Å². The van der Waals surface area contributed by atoms with E-state index in [-0.39, 0.29) is 30.7 Å². The fourth-order valence-corrected chi connectivity index (χ4v) is 2.69. The Labute approximate surface area is 153 Å². The molecule has 138 valence electrons. The second-order valence-electron chi connectivity index (χ2n) is 5.85. The molecule has 0 fully saturated rings. The van der Waals surface area contributed by atoms with Crippen LogP contribution >= 0.6 is 0 Å². The minimum atomic E-state index is -0.640. The molecule has 0 aliphatic heterocycles. The van der Waals surface area contributed by atoms with Gasteiger partial charge in [-0.25, -0.2) is 14.2 Å². The van der Waals surface area contributed by atoms with Gasteiger partial charge in [-0.3, -0.25) is 18.7 Å². The molecular formula is C19H17FN4O3. The molecule has 0 radical (unpaired) electrons. The summed E-state index contributed by atoms with van der Waals surface area (Å²) in [5.41, 5.74) is -0.276. The van der Waals surface area contributed by atoms with Crippen molar-refractivity contribution in [2.75, 3.05) is 6.54 Å². The molecule has 1 amide bonds. The Morgan fingerprint density at radius 3 is 2.63 bits per heavy atom. The van der Waals surface area contributed by atoms with Gasteiger partial charge in [-0.1, -0.05) is 18.2 Å². The van der Waals surface area contributed by atoms with Crippen LogP contribution in [0, 0.1) is 5.82 Å². The van der Waals surface area contributed by atoms with Crippen LogP contribution in [0.1, 0.15) is 5.56 Å². The number of halogens is 1. The van der Waals surface area contributed by atoms with Gasteiger partial charge in [0.15, 0.2) is 5.52 Å². The summed E-state index contributed by atoms with van der Waals surface area (Å²) in [7, 11) is 0. The number of carbonyl (C=O) groups excluding carboxylic acids is 1. The Morgan fingerprint density at radius 1 is 1.19 bits per heavy atom. The largest absolute Gasteiger partial charge is 0.351 e. The monoisotopic (exact) mass is 368 g/mol. The van der Waals surface area contributed by atoms with Crippen LogP contribution in [0.2, 0.25) is 0 Å². The van der Waals surface area contributed by atoms with E-state index >= 15 is 0 Å². The first kappa shape index (κ1) is 18.2. The molecule has 2 aromatic heterocycles. The summed E-state index contributed by atoms with van der Waals surface area (Å²) >= 11 is 0. The van der Waals surface area contributed by atoms with E-state index in [0.29, 0.717) is 5.56 Å². The molecule has 3 aromatic rings. The van der Waals surface area contributed by atoms with Crippen molar-refractivity contribution in [3.05, 3.63) is 87.5 Å². The predicted octanol–water partition coefficient (Wildman–Crippen LogP) is 1.05. The molecule has 0 atom stereocenters. The highest BCUT2D eigenvalue weighted by molar-refractivity contribution is 5.79. The third kappa shape index (κ3) is 3.84. The summed E-state index contributed by atoms with van der Waals surface area (Å²) in [6, 6.07) is 8.63. The first-order valence-electron chi connectivity index (χ1n) is 8.21. The maximum Gasteiger partial charge on any atom is 0.332 e. The van der Waals surface area contributed by atoms with Crippen molar-refractivity contribution in [2.45, 2.75) is 13.1 Å². The summed E-state index contributed by atoms with van der Waals surface area (Å²) in [5.74, 6) is -0.809. The standard InChI is InChI=1S/C19H17FN4O3/c1-2-9-21-16(25)12-23-15-4-3-10-22-17(15)18(26)24(19(23)27)11-13-5-7-14(20)8-6-13/h2-8,10H,1,9,11-12H2,(H,21,25). The number of carbonyl (C=O) groups is 1. The minimum absolute atomic E-state index is 0.0568. The van der Waals surface area contributed by atoms with E-state index in [1.54, 1.807) is 12.1 Å². The van der Waals surface area contributed by atoms with Crippen molar-refractivity contribution in [2.24, 2.45) is 0 Å². The van der Waals surface area contributed by atoms with Crippen LogP contribution < -0.4 is 16.6 Å². The number of amides is 1. The molecule has 1 N–H and O–H groups in total. The molecule has 0 saturated carbocycles. The van der Waals surface area contributed by atoms with E-state index in [9.17, 15) is 18.8 Å². The topological polar surface area (TPSA) is 86.0 Å². The van der Waals surface area contributed by atoms with Crippen molar-refractivity contribution in [1.29, 1.82) is 0 Å². The third-order valence-electron chi connectivity index (χ3n) is 3.99. The highest BCUT2D eigenvalue weighted by Gasteiger charge is 2.16. The van der Waals surface area contributed by atoms with Crippen LogP contribution in [0.15, 0.2) is 64.8 Å². The number of fused-ring (bicyclic) bond motifs is 1. The van der Waals surface area contributed by atoms with Crippen molar-refractivity contribution >= 4 is 16.9 Å². The molecule has 0 saturated heterocycles. The first-order valence-corrected chi connectivity index (χ1v) is 8.21. The number of nitrogens with zero attached hydrogens (tertiary/aromatic N) is 3. The maximum absolute atomic E-state index is 13.1. The van der Waals surface area contributed by atoms with Gasteiger partial charge in [-0.2, -0.15) is 0 Å². The van der Waals surface area contributed by atoms with Gasteiger partial charge in [0.2, 0.25) is 5.91 Å². The van der Waals surface area contributed by atoms with Gasteiger partial charge in [-0.15, -0.1) is 6.58 Å². The van der Waals surface area contributed by atoms with Crippen molar-refractivity contribution in [3.8, 4) is 0 Å². The Bertz CT molecular complexity index is 1120. The third-order valence-corrected chi connectivity index (χ3v) is 3.99. The lowest BCUT2D eigenvalue weighted by molar-refractivity contribution is -0.121. The Morgan fingerprint density at radius 2 is 1.93 bits per heavy atom. The molecule has 0 unspecified atom stereocenters. The SMILES string of the molecule is C=CCNC(=O)Cn1c(=O)n(Cc2ccc(F)cc2)c(=O)c2ncccc21. The molecule has 7 nitrogen and oxygen atoms in total. The van der Waals surface area contributed by atoms with E-state index in [1.165, 1.54) is 41.1 Å². The number of pyridine rings is 1. The van der Waals surface area contributed by atoms with Crippen LogP contribution in [-0.4, -0.2) is 26.6 Å². The molecule has 3 rings (SSSR count). The molecule has 2 heterocycles. The van der Waals surface area contributed by atoms with Gasteiger partial charge in [0.25, 0.3) is 5.56 Å². The second kappa shape index (κ2) is 7.77. The van der Waals surface area contributed by atoms with Crippen LogP contribution in [0.4, 0.5) is 4.39 Å². The van der Waals surface area contributed by atoms with Gasteiger partial charge in [0, 0.05) is 12.7 Å². The average Bonchev–Trinajstić information content (AvgIpc) is 2.68. The number of rotatable bonds is 6. The van der Waals surface area contributed by atoms with Gasteiger partial charge < -0.3 is 5.32 Å². The van der Waals surface area contributed by atoms with Gasteiger partial charge >= 0.3 is 5.69 Å². The molecule has 0 bridgehead atoms. The molecular weight excluding hydrogens is 351 g/mol. The number of benzene rings is 1. The number of aromatic nitrogens is 3. The van der Waals surface area contributed by atoms with Crippen molar-refractivity contribution in [3.63, 3.8) is 0 Å². The van der Waals surface area contributed by atoms with Crippen molar-refractivity contribution in [1.82, 2.24) is 19.4 Å². The smallest absolute Gasteiger partial charge is 0.332 e. The normalized spacial score (nSPS) is 10.7. The summed E-state index contributed by atoms with van der Waals surface area (Å²) < 4.78 is 15.3. The molecule has 8 heteroatoms. The zero-order valence-electron chi connectivity index (χ0n) is 14.4. The van der Waals surface area contributed by atoms with E-state index < -0.39 is 23.0 Å². The summed E-state index contributed by atoms with van der Waals surface area (Å²) in [6.07, 6.45) is 2.97. The lowest BCUT2D eigenvalue weighted by atomic mass is 10.2. The van der Waals surface area contributed by atoms with E-state index in [1.807, 2.05) is 0 Å². The molecule has 0 aliphatic rings. The lowest BCUT2D eigenvalue weighted by Gasteiger charge is -2.13. The second-order valence-corrected chi connectivity index (χ2v) is 5.85. The summed E-state index contributed by atoms with van der Waals surface area (Å²) in [4.78, 5) is 41.8. The highest BCUT2D eigenvalue weighted by Crippen LogP contribution is 2.07. The zero-order chi connectivity index (χ0) is 19.4. The molecule has 27 heavy (non-hydrogen) atoms. The van der Waals surface area contributed by atoms with Crippen LogP contribution in [0.3, 0.4) is 0 Å². The average molecular weight is 368 g/mol. The van der Waals surface area contributed by atoms with Gasteiger partial charge in [-0.05, 0) is 29.8 Å². The zero-order valence-corrected chi connectivity index (χ0v) is 14.4. The number of hydrogen-bond donors (Lipinski definition) is 1. The van der Waals surface area contributed by atoms with Crippen LogP contribution in [-0.2, 0) is 17.9 Å². The fraction of sp³-hybridized carbons (Fsp3) is 0.158. The predicted molar refractivity (Wildman–Crippen MR) is 99.0 cm³/mol. The van der Waals surface area contributed by atoms with Crippen LogP contribution in [0.5, 0.6) is 0 Å². The van der Waals surface area contributed by atoms with Crippen LogP contribution in [0.25, 0.3) is 11.0 Å². The molecule has 0 spiro atoms. The number of hydrogen-bond acceptors (Lipinski definition) is 4. The van der Waals surface area contributed by atoms with Gasteiger partial charge in [0.1, 0.15) is 12.4 Å². The summed E-state index contributed by atoms with van der Waals surface area (Å²) in [5, 5.41) is 2.60. The molecule has 1 aromatic carbocycles.